The maximum atomic E-state index is 12.6. The Balaban J connectivity index is 1.59. The highest BCUT2D eigenvalue weighted by molar-refractivity contribution is 7.92. The Morgan fingerprint density at radius 1 is 1.11 bits per heavy atom. The van der Waals surface area contributed by atoms with Crippen molar-refractivity contribution in [2.45, 2.75) is 31.7 Å². The third-order valence-corrected chi connectivity index (χ3v) is 5.97. The van der Waals surface area contributed by atoms with Gasteiger partial charge in [0.15, 0.2) is 0 Å². The molecule has 27 heavy (non-hydrogen) atoms. The van der Waals surface area contributed by atoms with Gasteiger partial charge in [0.05, 0.1) is 6.54 Å². The van der Waals surface area contributed by atoms with E-state index in [1.54, 1.807) is 17.0 Å². The number of piperidine rings is 1. The fourth-order valence-electron chi connectivity index (χ4n) is 3.41. The number of likely N-dealkylation sites (tertiary alicyclic amines) is 2. The molecule has 0 bridgehead atoms. The van der Waals surface area contributed by atoms with Crippen LogP contribution in [0.1, 0.15) is 31.2 Å². The molecule has 2 amide bonds. The van der Waals surface area contributed by atoms with Crippen LogP contribution in [0.25, 0.3) is 6.08 Å². The van der Waals surface area contributed by atoms with E-state index in [9.17, 15) is 18.0 Å². The molecule has 2 aliphatic rings. The van der Waals surface area contributed by atoms with E-state index in [-0.39, 0.29) is 18.4 Å². The Morgan fingerprint density at radius 3 is 2.52 bits per heavy atom. The van der Waals surface area contributed by atoms with E-state index in [1.165, 1.54) is 11.0 Å². The van der Waals surface area contributed by atoms with E-state index >= 15 is 0 Å². The summed E-state index contributed by atoms with van der Waals surface area (Å²) in [6, 6.07) is 8.25. The van der Waals surface area contributed by atoms with E-state index in [2.05, 4.69) is 4.72 Å². The molecule has 146 valence electrons. The van der Waals surface area contributed by atoms with Crippen molar-refractivity contribution in [2.75, 3.05) is 26.2 Å². The normalized spacial score (nSPS) is 21.2. The van der Waals surface area contributed by atoms with E-state index in [4.69, 9.17) is 0 Å². The van der Waals surface area contributed by atoms with E-state index in [0.717, 1.165) is 36.9 Å². The molecule has 3 rings (SSSR count). The van der Waals surface area contributed by atoms with Crippen molar-refractivity contribution in [1.29, 1.82) is 0 Å². The first-order valence-electron chi connectivity index (χ1n) is 9.27. The largest absolute Gasteiger partial charge is 0.341 e. The van der Waals surface area contributed by atoms with Crippen molar-refractivity contribution >= 4 is 27.9 Å². The minimum absolute atomic E-state index is 0.0247. The standard InChI is InChI=1S/C19H25N3O4S/c23-18(21-11-4-5-12-21)15-22-13-6-9-17(19(22)24)20-27(25,26)14-10-16-7-2-1-3-8-16/h1-3,7-8,10,14,17,20H,4-6,9,11-13,15H2/b14-10+. The van der Waals surface area contributed by atoms with Crippen LogP contribution in [-0.2, 0) is 19.6 Å². The number of nitrogens with one attached hydrogen (secondary N) is 1. The number of nitrogens with zero attached hydrogens (tertiary/aromatic N) is 2. The summed E-state index contributed by atoms with van der Waals surface area (Å²) in [6.45, 7) is 1.98. The Morgan fingerprint density at radius 2 is 1.81 bits per heavy atom. The predicted octanol–water partition coefficient (Wildman–Crippen LogP) is 1.19. The average molecular weight is 391 g/mol. The van der Waals surface area contributed by atoms with Gasteiger partial charge in [-0.2, -0.15) is 4.72 Å². The molecule has 2 heterocycles. The van der Waals surface area contributed by atoms with Crippen molar-refractivity contribution in [3.05, 3.63) is 41.3 Å². The molecule has 0 aromatic heterocycles. The number of amides is 2. The highest BCUT2D eigenvalue weighted by Gasteiger charge is 2.33. The van der Waals surface area contributed by atoms with Crippen LogP contribution in [-0.4, -0.2) is 62.3 Å². The van der Waals surface area contributed by atoms with Gasteiger partial charge in [0, 0.05) is 25.0 Å². The first-order chi connectivity index (χ1) is 12.9. The summed E-state index contributed by atoms with van der Waals surface area (Å²) in [5.41, 5.74) is 0.760. The maximum Gasteiger partial charge on any atom is 0.242 e. The van der Waals surface area contributed by atoms with Gasteiger partial charge in [-0.05, 0) is 37.3 Å². The summed E-state index contributed by atoms with van der Waals surface area (Å²) in [7, 11) is -3.75. The fourth-order valence-corrected chi connectivity index (χ4v) is 4.44. The van der Waals surface area contributed by atoms with Gasteiger partial charge >= 0.3 is 0 Å². The van der Waals surface area contributed by atoms with Gasteiger partial charge in [-0.3, -0.25) is 9.59 Å². The summed E-state index contributed by atoms with van der Waals surface area (Å²) in [5, 5.41) is 1.07. The quantitative estimate of drug-likeness (QED) is 0.789. The predicted molar refractivity (Wildman–Crippen MR) is 103 cm³/mol. The highest BCUT2D eigenvalue weighted by atomic mass is 32.2. The first-order valence-corrected chi connectivity index (χ1v) is 10.8. The van der Waals surface area contributed by atoms with Crippen molar-refractivity contribution in [1.82, 2.24) is 14.5 Å². The van der Waals surface area contributed by atoms with Crippen molar-refractivity contribution in [2.24, 2.45) is 0 Å². The van der Waals surface area contributed by atoms with Crippen LogP contribution in [0.4, 0.5) is 0 Å². The second-order valence-corrected chi connectivity index (χ2v) is 8.52. The molecule has 2 saturated heterocycles. The number of carbonyl (C=O) groups is 2. The van der Waals surface area contributed by atoms with Gasteiger partial charge in [0.2, 0.25) is 21.8 Å². The van der Waals surface area contributed by atoms with Crippen LogP contribution in [0.3, 0.4) is 0 Å². The van der Waals surface area contributed by atoms with Crippen LogP contribution in [0.2, 0.25) is 0 Å². The Hall–Kier alpha value is -2.19. The third-order valence-electron chi connectivity index (χ3n) is 4.86. The first kappa shape index (κ1) is 19.6. The fraction of sp³-hybridized carbons (Fsp3) is 0.474. The van der Waals surface area contributed by atoms with Crippen LogP contribution in [0, 0.1) is 0 Å². The van der Waals surface area contributed by atoms with Gasteiger partial charge in [0.1, 0.15) is 6.04 Å². The van der Waals surface area contributed by atoms with Crippen molar-refractivity contribution in [3.63, 3.8) is 0 Å². The summed E-state index contributed by atoms with van der Waals surface area (Å²) < 4.78 is 27.1. The molecule has 0 spiro atoms. The molecule has 1 unspecified atom stereocenters. The van der Waals surface area contributed by atoms with Gasteiger partial charge in [0.25, 0.3) is 0 Å². The molecule has 8 heteroatoms. The Bertz CT molecular complexity index is 802. The van der Waals surface area contributed by atoms with Gasteiger partial charge in [-0.1, -0.05) is 30.3 Å². The number of hydrogen-bond acceptors (Lipinski definition) is 4. The number of rotatable bonds is 6. The molecule has 1 aromatic rings. The zero-order chi connectivity index (χ0) is 19.3. The molecule has 2 fully saturated rings. The molecule has 2 aliphatic heterocycles. The van der Waals surface area contributed by atoms with Crippen molar-refractivity contribution in [3.8, 4) is 0 Å². The zero-order valence-corrected chi connectivity index (χ0v) is 16.0. The second-order valence-electron chi connectivity index (χ2n) is 6.92. The van der Waals surface area contributed by atoms with Crippen molar-refractivity contribution < 1.29 is 18.0 Å². The highest BCUT2D eigenvalue weighted by Crippen LogP contribution is 2.15. The van der Waals surface area contributed by atoms with Crippen LogP contribution >= 0.6 is 0 Å². The van der Waals surface area contributed by atoms with Gasteiger partial charge in [-0.25, -0.2) is 8.42 Å². The van der Waals surface area contributed by atoms with Crippen LogP contribution < -0.4 is 4.72 Å². The number of hydrogen-bond donors (Lipinski definition) is 1. The lowest BCUT2D eigenvalue weighted by Gasteiger charge is -2.32. The van der Waals surface area contributed by atoms with E-state index < -0.39 is 16.1 Å². The summed E-state index contributed by atoms with van der Waals surface area (Å²) in [4.78, 5) is 28.2. The van der Waals surface area contributed by atoms with Gasteiger partial charge < -0.3 is 9.80 Å². The minimum Gasteiger partial charge on any atom is -0.341 e. The maximum absolute atomic E-state index is 12.6. The molecular weight excluding hydrogens is 366 g/mol. The lowest BCUT2D eigenvalue weighted by atomic mass is 10.1. The van der Waals surface area contributed by atoms with E-state index in [1.807, 2.05) is 18.2 Å². The average Bonchev–Trinajstić information content (AvgIpc) is 3.19. The molecule has 0 aliphatic carbocycles. The zero-order valence-electron chi connectivity index (χ0n) is 15.2. The molecule has 0 radical (unpaired) electrons. The topological polar surface area (TPSA) is 86.8 Å². The monoisotopic (exact) mass is 391 g/mol. The number of benzene rings is 1. The lowest BCUT2D eigenvalue weighted by molar-refractivity contribution is -0.142. The Labute approximate surface area is 160 Å². The molecule has 1 N–H and O–H groups in total. The molecule has 7 nitrogen and oxygen atoms in total. The lowest BCUT2D eigenvalue weighted by Crippen LogP contribution is -2.54. The number of carbonyl (C=O) groups excluding carboxylic acids is 2. The Kier molecular flexibility index (Phi) is 6.28. The van der Waals surface area contributed by atoms with Gasteiger partial charge in [-0.15, -0.1) is 0 Å². The number of sulfonamides is 1. The molecular formula is C19H25N3O4S. The SMILES string of the molecule is O=C(CN1CCCC(NS(=O)(=O)/C=C/c2ccccc2)C1=O)N1CCCC1. The van der Waals surface area contributed by atoms with E-state index in [0.29, 0.717) is 19.4 Å². The molecule has 0 saturated carbocycles. The van der Waals surface area contributed by atoms with Crippen LogP contribution in [0.5, 0.6) is 0 Å². The molecule has 1 atom stereocenters. The second kappa shape index (κ2) is 8.67. The summed E-state index contributed by atoms with van der Waals surface area (Å²) >= 11 is 0. The van der Waals surface area contributed by atoms with Crippen LogP contribution in [0.15, 0.2) is 35.7 Å². The smallest absolute Gasteiger partial charge is 0.242 e. The summed E-state index contributed by atoms with van der Waals surface area (Å²) in [6.07, 6.45) is 4.58. The molecule has 1 aromatic carbocycles. The third kappa shape index (κ3) is 5.40. The summed E-state index contributed by atoms with van der Waals surface area (Å²) in [5.74, 6) is -0.390. The minimum atomic E-state index is -3.75.